The van der Waals surface area contributed by atoms with Crippen molar-refractivity contribution in [1.29, 1.82) is 0 Å². The van der Waals surface area contributed by atoms with Crippen LogP contribution < -0.4 is 22.9 Å². The maximum atomic E-state index is 12.5. The number of unbranched alkanes of at least 4 members (excludes halogenated alkanes) is 8. The number of nitrogens with zero attached hydrogens (tertiary/aromatic N) is 3. The fourth-order valence-electron chi connectivity index (χ4n) is 3.87. The number of amides is 2. The Labute approximate surface area is 187 Å². The topological polar surface area (TPSA) is 157 Å². The summed E-state index contributed by atoms with van der Waals surface area (Å²) in [5, 5.41) is 0. The molecule has 1 fully saturated rings. The van der Waals surface area contributed by atoms with E-state index in [0.29, 0.717) is 52.0 Å². The van der Waals surface area contributed by atoms with E-state index in [1.54, 1.807) is 4.90 Å². The summed E-state index contributed by atoms with van der Waals surface area (Å²) in [6.07, 6.45) is 12.6. The monoisotopic (exact) mass is 439 g/mol. The smallest absolute Gasteiger partial charge is 0.239 e. The number of nitrogens with two attached hydrogens (primary N) is 4. The third kappa shape index (κ3) is 12.5. The predicted molar refractivity (Wildman–Crippen MR) is 126 cm³/mol. The molecular weight excluding hydrogens is 394 g/mol. The fraction of sp³-hybridized carbons (Fsp3) is 0.864. The van der Waals surface area contributed by atoms with E-state index in [1.165, 1.54) is 38.5 Å². The van der Waals surface area contributed by atoms with Crippen molar-refractivity contribution in [3.63, 3.8) is 0 Å². The molecule has 0 aromatic carbocycles. The first-order valence-electron chi connectivity index (χ1n) is 12.0. The molecule has 0 aromatic rings. The van der Waals surface area contributed by atoms with Gasteiger partial charge in [-0.25, -0.2) is 0 Å². The minimum atomic E-state index is -0.544. The zero-order valence-corrected chi connectivity index (χ0v) is 19.3. The standard InChI is InChI=1S/C22H45N7O2/c23-13-9-7-5-3-1-2-4-6-8-12-20(30)28-15-17-29(18-16-28)21(31)19(24)11-10-14-27-22(25)26/h19H,1-18,23-24H2,(H4,25,26,27)/t19-/m0/s1. The molecule has 0 aliphatic carbocycles. The Morgan fingerprint density at radius 1 is 0.774 bits per heavy atom. The van der Waals surface area contributed by atoms with Gasteiger partial charge in [0.1, 0.15) is 0 Å². The van der Waals surface area contributed by atoms with E-state index in [0.717, 1.165) is 25.8 Å². The van der Waals surface area contributed by atoms with Crippen LogP contribution in [0.2, 0.25) is 0 Å². The van der Waals surface area contributed by atoms with Crippen LogP contribution in [0.4, 0.5) is 0 Å². The number of carbonyl (C=O) groups excluding carboxylic acids is 2. The molecule has 0 spiro atoms. The van der Waals surface area contributed by atoms with Crippen LogP contribution in [0.1, 0.15) is 77.0 Å². The molecule has 9 nitrogen and oxygen atoms in total. The van der Waals surface area contributed by atoms with Crippen LogP contribution in [-0.4, -0.2) is 72.9 Å². The van der Waals surface area contributed by atoms with E-state index in [2.05, 4.69) is 4.99 Å². The summed E-state index contributed by atoms with van der Waals surface area (Å²) in [5.41, 5.74) is 22.1. The normalized spacial score (nSPS) is 15.0. The van der Waals surface area contributed by atoms with Gasteiger partial charge in [-0.3, -0.25) is 14.6 Å². The molecule has 31 heavy (non-hydrogen) atoms. The van der Waals surface area contributed by atoms with E-state index < -0.39 is 6.04 Å². The van der Waals surface area contributed by atoms with Crippen LogP contribution >= 0.6 is 0 Å². The average Bonchev–Trinajstić information content (AvgIpc) is 2.77. The van der Waals surface area contributed by atoms with Crippen molar-refractivity contribution in [2.24, 2.45) is 27.9 Å². The van der Waals surface area contributed by atoms with E-state index in [1.807, 2.05) is 4.90 Å². The van der Waals surface area contributed by atoms with Gasteiger partial charge >= 0.3 is 0 Å². The first-order valence-corrected chi connectivity index (χ1v) is 12.0. The second kappa shape index (κ2) is 16.8. The highest BCUT2D eigenvalue weighted by atomic mass is 16.2. The molecule has 0 bridgehead atoms. The van der Waals surface area contributed by atoms with E-state index in [9.17, 15) is 9.59 Å². The predicted octanol–water partition coefficient (Wildman–Crippen LogP) is 0.898. The summed E-state index contributed by atoms with van der Waals surface area (Å²) < 4.78 is 0. The van der Waals surface area contributed by atoms with Gasteiger partial charge in [0.15, 0.2) is 5.96 Å². The van der Waals surface area contributed by atoms with Crippen molar-refractivity contribution < 1.29 is 9.59 Å². The molecule has 9 heteroatoms. The number of hydrogen-bond donors (Lipinski definition) is 4. The molecule has 1 rings (SSSR count). The van der Waals surface area contributed by atoms with Crippen LogP contribution in [0.25, 0.3) is 0 Å². The van der Waals surface area contributed by atoms with Gasteiger partial charge in [-0.15, -0.1) is 0 Å². The van der Waals surface area contributed by atoms with Gasteiger partial charge in [-0.2, -0.15) is 0 Å². The van der Waals surface area contributed by atoms with Crippen molar-refractivity contribution in [2.75, 3.05) is 39.3 Å². The summed E-state index contributed by atoms with van der Waals surface area (Å²) in [5.74, 6) is 0.199. The Morgan fingerprint density at radius 3 is 1.84 bits per heavy atom. The molecule has 0 saturated carbocycles. The van der Waals surface area contributed by atoms with Crippen LogP contribution in [-0.2, 0) is 9.59 Å². The Kier molecular flexibility index (Phi) is 14.7. The second-order valence-electron chi connectivity index (χ2n) is 8.48. The molecule has 1 saturated heterocycles. The molecular formula is C22H45N7O2. The van der Waals surface area contributed by atoms with Crippen LogP contribution in [0.3, 0.4) is 0 Å². The fourth-order valence-corrected chi connectivity index (χ4v) is 3.87. The van der Waals surface area contributed by atoms with Crippen LogP contribution in [0.15, 0.2) is 4.99 Å². The molecule has 1 aliphatic heterocycles. The van der Waals surface area contributed by atoms with Crippen molar-refractivity contribution in [2.45, 2.75) is 83.1 Å². The summed E-state index contributed by atoms with van der Waals surface area (Å²) in [4.78, 5) is 32.5. The number of carbonyl (C=O) groups is 2. The van der Waals surface area contributed by atoms with Gasteiger partial charge in [-0.05, 0) is 32.2 Å². The Hall–Kier alpha value is -1.87. The SMILES string of the molecule is NCCCCCCCCCCCC(=O)N1CCN(C(=O)[C@@H](N)CCCN=C(N)N)CC1. The lowest BCUT2D eigenvalue weighted by Gasteiger charge is -2.36. The van der Waals surface area contributed by atoms with E-state index >= 15 is 0 Å². The number of piperazine rings is 1. The second-order valence-corrected chi connectivity index (χ2v) is 8.48. The van der Waals surface area contributed by atoms with Gasteiger partial charge in [0.05, 0.1) is 6.04 Å². The Balaban J connectivity index is 2.09. The maximum absolute atomic E-state index is 12.5. The number of guanidine groups is 1. The maximum Gasteiger partial charge on any atom is 0.239 e. The molecule has 0 aromatic heterocycles. The molecule has 2 amide bonds. The van der Waals surface area contributed by atoms with E-state index in [4.69, 9.17) is 22.9 Å². The average molecular weight is 440 g/mol. The zero-order chi connectivity index (χ0) is 22.9. The molecule has 1 atom stereocenters. The zero-order valence-electron chi connectivity index (χ0n) is 19.3. The summed E-state index contributed by atoms with van der Waals surface area (Å²) in [6, 6.07) is -0.544. The lowest BCUT2D eigenvalue weighted by molar-refractivity contribution is -0.140. The largest absolute Gasteiger partial charge is 0.370 e. The molecule has 8 N–H and O–H groups in total. The minimum Gasteiger partial charge on any atom is -0.370 e. The van der Waals surface area contributed by atoms with Gasteiger partial charge in [-0.1, -0.05) is 44.9 Å². The van der Waals surface area contributed by atoms with Crippen molar-refractivity contribution >= 4 is 17.8 Å². The lowest BCUT2D eigenvalue weighted by atomic mass is 10.1. The van der Waals surface area contributed by atoms with E-state index in [-0.39, 0.29) is 17.8 Å². The van der Waals surface area contributed by atoms with Crippen molar-refractivity contribution in [3.05, 3.63) is 0 Å². The van der Waals surface area contributed by atoms with Gasteiger partial charge in [0.25, 0.3) is 0 Å². The number of rotatable bonds is 16. The number of hydrogen-bond acceptors (Lipinski definition) is 5. The Bertz CT molecular complexity index is 530. The highest BCUT2D eigenvalue weighted by Gasteiger charge is 2.26. The van der Waals surface area contributed by atoms with Gasteiger partial charge in [0, 0.05) is 39.1 Å². The van der Waals surface area contributed by atoms with Crippen molar-refractivity contribution in [3.8, 4) is 0 Å². The van der Waals surface area contributed by atoms with Crippen LogP contribution in [0.5, 0.6) is 0 Å². The minimum absolute atomic E-state index is 0.0507. The summed E-state index contributed by atoms with van der Waals surface area (Å²) in [7, 11) is 0. The highest BCUT2D eigenvalue weighted by Crippen LogP contribution is 2.12. The first-order chi connectivity index (χ1) is 15.0. The van der Waals surface area contributed by atoms with Crippen molar-refractivity contribution in [1.82, 2.24) is 9.80 Å². The Morgan fingerprint density at radius 2 is 1.29 bits per heavy atom. The van der Waals surface area contributed by atoms with Crippen LogP contribution in [0, 0.1) is 0 Å². The molecule has 1 heterocycles. The lowest BCUT2D eigenvalue weighted by Crippen LogP contribution is -2.54. The summed E-state index contributed by atoms with van der Waals surface area (Å²) >= 11 is 0. The quantitative estimate of drug-likeness (QED) is 0.159. The first kappa shape index (κ1) is 27.2. The van der Waals surface area contributed by atoms with Gasteiger partial charge < -0.3 is 32.7 Å². The molecule has 180 valence electrons. The van der Waals surface area contributed by atoms with Gasteiger partial charge in [0.2, 0.25) is 11.8 Å². The third-order valence-corrected chi connectivity index (χ3v) is 5.82. The summed E-state index contributed by atoms with van der Waals surface area (Å²) in [6.45, 7) is 3.56. The third-order valence-electron chi connectivity index (χ3n) is 5.82. The number of aliphatic imine (C=N–C) groups is 1. The highest BCUT2D eigenvalue weighted by molar-refractivity contribution is 5.82. The molecule has 0 radical (unpaired) electrons. The molecule has 1 aliphatic rings. The molecule has 0 unspecified atom stereocenters.